The summed E-state index contributed by atoms with van der Waals surface area (Å²) in [5.41, 5.74) is 0. The molecule has 1 aliphatic carbocycles. The molecule has 94 valence electrons. The van der Waals surface area contributed by atoms with Gasteiger partial charge in [-0.2, -0.15) is 0 Å². The molecule has 4 nitrogen and oxygen atoms in total. The fraction of sp³-hybridized carbons (Fsp3) is 0.917. The van der Waals surface area contributed by atoms with Gasteiger partial charge in [-0.05, 0) is 19.8 Å². The smallest absolute Gasteiger partial charge is 0.311 e. The second-order valence-corrected chi connectivity index (χ2v) is 5.46. The zero-order chi connectivity index (χ0) is 12.3. The SMILES string of the molecule is CCOC(=O)[C@@H]1CCC[C@@H]([N+](C)(C)C)[C@@H]1O. The number of esters is 1. The quantitative estimate of drug-likeness (QED) is 0.576. The van der Waals surface area contributed by atoms with Crippen LogP contribution >= 0.6 is 0 Å². The van der Waals surface area contributed by atoms with Crippen molar-refractivity contribution >= 4 is 5.97 Å². The standard InChI is InChI=1S/C12H24NO3/c1-5-16-12(15)9-7-6-8-10(11(9)14)13(2,3)4/h9-11,14H,5-8H2,1-4H3/q+1/t9-,10-,11-/m1/s1. The summed E-state index contributed by atoms with van der Waals surface area (Å²) >= 11 is 0. The minimum absolute atomic E-state index is 0.128. The average Bonchev–Trinajstić information content (AvgIpc) is 2.16. The summed E-state index contributed by atoms with van der Waals surface area (Å²) < 4.78 is 5.70. The molecule has 0 saturated heterocycles. The van der Waals surface area contributed by atoms with Gasteiger partial charge in [0.2, 0.25) is 0 Å². The first-order valence-electron chi connectivity index (χ1n) is 6.03. The van der Waals surface area contributed by atoms with E-state index in [1.54, 1.807) is 6.92 Å². The Hall–Kier alpha value is -0.610. The maximum absolute atomic E-state index is 11.7. The van der Waals surface area contributed by atoms with Crippen LogP contribution in [0.1, 0.15) is 26.2 Å². The van der Waals surface area contributed by atoms with Crippen molar-refractivity contribution in [3.8, 4) is 0 Å². The Balaban J connectivity index is 2.71. The van der Waals surface area contributed by atoms with E-state index in [-0.39, 0.29) is 17.9 Å². The topological polar surface area (TPSA) is 46.5 Å². The first-order chi connectivity index (χ1) is 7.38. The molecule has 0 spiro atoms. The van der Waals surface area contributed by atoms with Gasteiger partial charge in [0.25, 0.3) is 0 Å². The number of rotatable bonds is 3. The summed E-state index contributed by atoms with van der Waals surface area (Å²) in [7, 11) is 6.17. The van der Waals surface area contributed by atoms with Crippen LogP contribution in [0.3, 0.4) is 0 Å². The molecule has 16 heavy (non-hydrogen) atoms. The van der Waals surface area contributed by atoms with Gasteiger partial charge in [0.15, 0.2) is 0 Å². The Bertz CT molecular complexity index is 247. The lowest BCUT2D eigenvalue weighted by Crippen LogP contribution is -2.56. The van der Waals surface area contributed by atoms with E-state index in [0.717, 1.165) is 19.3 Å². The number of carbonyl (C=O) groups is 1. The molecular weight excluding hydrogens is 206 g/mol. The number of ether oxygens (including phenoxy) is 1. The van der Waals surface area contributed by atoms with Gasteiger partial charge in [-0.1, -0.05) is 0 Å². The monoisotopic (exact) mass is 230 g/mol. The predicted octanol–water partition coefficient (Wildman–Crippen LogP) is 0.785. The summed E-state index contributed by atoms with van der Waals surface area (Å²) in [4.78, 5) is 11.7. The summed E-state index contributed by atoms with van der Waals surface area (Å²) in [6.07, 6.45) is 2.13. The van der Waals surface area contributed by atoms with Crippen molar-refractivity contribution in [3.63, 3.8) is 0 Å². The Labute approximate surface area is 97.8 Å². The minimum atomic E-state index is -0.576. The zero-order valence-electron chi connectivity index (χ0n) is 10.8. The molecule has 0 aliphatic heterocycles. The molecular formula is C12H24NO3+. The molecule has 1 rings (SSSR count). The molecule has 1 aliphatic rings. The number of likely N-dealkylation sites (N-methyl/N-ethyl adjacent to an activating group) is 1. The number of quaternary nitrogens is 1. The highest BCUT2D eigenvalue weighted by molar-refractivity contribution is 5.73. The lowest BCUT2D eigenvalue weighted by Gasteiger charge is -2.42. The molecule has 4 heteroatoms. The van der Waals surface area contributed by atoms with Crippen LogP contribution in [-0.2, 0) is 9.53 Å². The van der Waals surface area contributed by atoms with Crippen LogP contribution in [0, 0.1) is 5.92 Å². The van der Waals surface area contributed by atoms with Gasteiger partial charge in [0.1, 0.15) is 12.1 Å². The predicted molar refractivity (Wildman–Crippen MR) is 61.8 cm³/mol. The fourth-order valence-corrected chi connectivity index (χ4v) is 2.51. The van der Waals surface area contributed by atoms with E-state index in [4.69, 9.17) is 4.74 Å². The van der Waals surface area contributed by atoms with Crippen LogP contribution in [0.5, 0.6) is 0 Å². The van der Waals surface area contributed by atoms with Gasteiger partial charge in [-0.3, -0.25) is 4.79 Å². The second kappa shape index (κ2) is 5.15. The third-order valence-electron chi connectivity index (χ3n) is 3.41. The van der Waals surface area contributed by atoms with Crippen LogP contribution in [0.2, 0.25) is 0 Å². The zero-order valence-corrected chi connectivity index (χ0v) is 10.8. The van der Waals surface area contributed by atoms with Crippen molar-refractivity contribution in [3.05, 3.63) is 0 Å². The summed E-state index contributed by atoms with van der Waals surface area (Å²) in [5, 5.41) is 10.2. The van der Waals surface area contributed by atoms with Crippen molar-refractivity contribution in [1.29, 1.82) is 0 Å². The first kappa shape index (κ1) is 13.5. The maximum Gasteiger partial charge on any atom is 0.311 e. The highest BCUT2D eigenvalue weighted by atomic mass is 16.5. The van der Waals surface area contributed by atoms with Crippen LogP contribution in [-0.4, -0.2) is 55.5 Å². The molecule has 0 amide bonds. The van der Waals surface area contributed by atoms with Gasteiger partial charge >= 0.3 is 5.97 Å². The third-order valence-corrected chi connectivity index (χ3v) is 3.41. The van der Waals surface area contributed by atoms with E-state index in [9.17, 15) is 9.90 Å². The van der Waals surface area contributed by atoms with E-state index in [2.05, 4.69) is 21.1 Å². The second-order valence-electron chi connectivity index (χ2n) is 5.46. The summed E-state index contributed by atoms with van der Waals surface area (Å²) in [6, 6.07) is 0.128. The Kier molecular flexibility index (Phi) is 4.33. The van der Waals surface area contributed by atoms with E-state index >= 15 is 0 Å². The van der Waals surface area contributed by atoms with Gasteiger partial charge in [0, 0.05) is 6.42 Å². The molecule has 1 fully saturated rings. The lowest BCUT2D eigenvalue weighted by molar-refractivity contribution is -0.901. The van der Waals surface area contributed by atoms with E-state index in [1.807, 2.05) is 0 Å². The van der Waals surface area contributed by atoms with Crippen LogP contribution < -0.4 is 0 Å². The van der Waals surface area contributed by atoms with Crippen molar-refractivity contribution in [2.45, 2.75) is 38.3 Å². The molecule has 0 bridgehead atoms. The maximum atomic E-state index is 11.7. The van der Waals surface area contributed by atoms with Crippen molar-refractivity contribution in [2.75, 3.05) is 27.7 Å². The van der Waals surface area contributed by atoms with Gasteiger partial charge in [0.05, 0.1) is 33.7 Å². The molecule has 0 radical (unpaired) electrons. The van der Waals surface area contributed by atoms with E-state index in [0.29, 0.717) is 11.1 Å². The molecule has 3 atom stereocenters. The summed E-state index contributed by atoms with van der Waals surface area (Å²) in [5.74, 6) is -0.579. The van der Waals surface area contributed by atoms with Gasteiger partial charge in [-0.25, -0.2) is 0 Å². The highest BCUT2D eigenvalue weighted by Gasteiger charge is 2.43. The number of carbonyl (C=O) groups excluding carboxylic acids is 1. The van der Waals surface area contributed by atoms with Gasteiger partial charge < -0.3 is 14.3 Å². The molecule has 0 aromatic rings. The number of nitrogens with zero attached hydrogens (tertiary/aromatic N) is 1. The molecule has 0 aromatic carbocycles. The fourth-order valence-electron chi connectivity index (χ4n) is 2.51. The highest BCUT2D eigenvalue weighted by Crippen LogP contribution is 2.30. The van der Waals surface area contributed by atoms with Gasteiger partial charge in [-0.15, -0.1) is 0 Å². The Morgan fingerprint density at radius 1 is 1.38 bits per heavy atom. The minimum Gasteiger partial charge on any atom is -0.466 e. The largest absolute Gasteiger partial charge is 0.466 e. The lowest BCUT2D eigenvalue weighted by atomic mass is 9.81. The number of aliphatic hydroxyl groups excluding tert-OH is 1. The number of aliphatic hydroxyl groups is 1. The molecule has 1 saturated carbocycles. The van der Waals surface area contributed by atoms with E-state index in [1.165, 1.54) is 0 Å². The van der Waals surface area contributed by atoms with Crippen molar-refractivity contribution < 1.29 is 19.1 Å². The number of hydrogen-bond acceptors (Lipinski definition) is 3. The average molecular weight is 230 g/mol. The van der Waals surface area contributed by atoms with Crippen LogP contribution in [0.15, 0.2) is 0 Å². The first-order valence-corrected chi connectivity index (χ1v) is 6.03. The molecule has 0 unspecified atom stereocenters. The third kappa shape index (κ3) is 2.95. The Morgan fingerprint density at radius 3 is 2.50 bits per heavy atom. The van der Waals surface area contributed by atoms with Crippen molar-refractivity contribution in [2.24, 2.45) is 5.92 Å². The molecule has 0 aromatic heterocycles. The van der Waals surface area contributed by atoms with Crippen LogP contribution in [0.25, 0.3) is 0 Å². The van der Waals surface area contributed by atoms with Crippen molar-refractivity contribution in [1.82, 2.24) is 0 Å². The molecule has 1 N–H and O–H groups in total. The normalized spacial score (nSPS) is 31.2. The molecule has 0 heterocycles. The van der Waals surface area contributed by atoms with Crippen LogP contribution in [0.4, 0.5) is 0 Å². The number of hydrogen-bond donors (Lipinski definition) is 1. The summed E-state index contributed by atoms with van der Waals surface area (Å²) in [6.45, 7) is 2.18. The Morgan fingerprint density at radius 2 is 2.00 bits per heavy atom. The van der Waals surface area contributed by atoms with E-state index < -0.39 is 6.10 Å².